The standard InChI is InChI=1S/C18H27N7.2ClH/c1-13-22-16-8-10-19-9-7-15(16)18(23-13)20-11-17-24-21-12-25(17)14-5-3-2-4-6-14;;/h12,14,19H,2-11H2,1H3,(H,20,22,23);2*1H. The Bertz CT molecular complexity index is 728. The summed E-state index contributed by atoms with van der Waals surface area (Å²) in [5.74, 6) is 2.80. The van der Waals surface area contributed by atoms with Crippen LogP contribution in [0.1, 0.15) is 61.1 Å². The summed E-state index contributed by atoms with van der Waals surface area (Å²) >= 11 is 0. The second-order valence-corrected chi connectivity index (χ2v) is 7.09. The van der Waals surface area contributed by atoms with Crippen LogP contribution in [0.15, 0.2) is 6.33 Å². The van der Waals surface area contributed by atoms with Gasteiger partial charge in [-0.3, -0.25) is 0 Å². The predicted octanol–water partition coefficient (Wildman–Crippen LogP) is 3.03. The van der Waals surface area contributed by atoms with Gasteiger partial charge in [-0.15, -0.1) is 35.0 Å². The number of hydrogen-bond donors (Lipinski definition) is 2. The summed E-state index contributed by atoms with van der Waals surface area (Å²) in [6.45, 7) is 4.59. The average Bonchev–Trinajstić information content (AvgIpc) is 2.98. The molecule has 2 N–H and O–H groups in total. The van der Waals surface area contributed by atoms with E-state index >= 15 is 0 Å². The molecule has 0 unspecified atom stereocenters. The van der Waals surface area contributed by atoms with E-state index in [1.165, 1.54) is 43.4 Å². The van der Waals surface area contributed by atoms with Gasteiger partial charge in [-0.1, -0.05) is 19.3 Å². The van der Waals surface area contributed by atoms with Crippen molar-refractivity contribution in [2.45, 2.75) is 64.5 Å². The van der Waals surface area contributed by atoms with Crippen LogP contribution >= 0.6 is 24.8 Å². The largest absolute Gasteiger partial charge is 0.362 e. The molecule has 7 nitrogen and oxygen atoms in total. The smallest absolute Gasteiger partial charge is 0.152 e. The third kappa shape index (κ3) is 5.09. The fourth-order valence-corrected chi connectivity index (χ4v) is 4.03. The van der Waals surface area contributed by atoms with Crippen LogP contribution in [0.3, 0.4) is 0 Å². The zero-order valence-corrected chi connectivity index (χ0v) is 17.4. The molecular weight excluding hydrogens is 385 g/mol. The van der Waals surface area contributed by atoms with E-state index in [-0.39, 0.29) is 24.8 Å². The lowest BCUT2D eigenvalue weighted by Gasteiger charge is -2.24. The van der Waals surface area contributed by atoms with Crippen molar-refractivity contribution >= 4 is 30.6 Å². The van der Waals surface area contributed by atoms with Crippen molar-refractivity contribution < 1.29 is 0 Å². The van der Waals surface area contributed by atoms with Crippen LogP contribution in [-0.4, -0.2) is 37.8 Å². The first-order valence-corrected chi connectivity index (χ1v) is 9.50. The van der Waals surface area contributed by atoms with Gasteiger partial charge in [0, 0.05) is 24.6 Å². The molecule has 1 aliphatic heterocycles. The molecule has 0 atom stereocenters. The van der Waals surface area contributed by atoms with E-state index in [1.807, 2.05) is 13.3 Å². The number of fused-ring (bicyclic) bond motifs is 1. The maximum absolute atomic E-state index is 4.66. The van der Waals surface area contributed by atoms with Crippen molar-refractivity contribution in [3.05, 3.63) is 29.2 Å². The van der Waals surface area contributed by atoms with Gasteiger partial charge in [-0.2, -0.15) is 0 Å². The molecule has 1 fully saturated rings. The topological polar surface area (TPSA) is 80.6 Å². The molecule has 2 aliphatic rings. The first kappa shape index (κ1) is 21.9. The van der Waals surface area contributed by atoms with Crippen molar-refractivity contribution in [1.29, 1.82) is 0 Å². The van der Waals surface area contributed by atoms with Gasteiger partial charge in [0.15, 0.2) is 5.82 Å². The highest BCUT2D eigenvalue weighted by Gasteiger charge is 2.20. The summed E-state index contributed by atoms with van der Waals surface area (Å²) in [6, 6.07) is 0.550. The number of aromatic nitrogens is 5. The lowest BCUT2D eigenvalue weighted by Crippen LogP contribution is -2.18. The summed E-state index contributed by atoms with van der Waals surface area (Å²) in [4.78, 5) is 9.31. The van der Waals surface area contributed by atoms with Crippen molar-refractivity contribution in [3.63, 3.8) is 0 Å². The van der Waals surface area contributed by atoms with Crippen LogP contribution in [0.5, 0.6) is 0 Å². The Morgan fingerprint density at radius 2 is 1.89 bits per heavy atom. The normalized spacial score (nSPS) is 17.2. The monoisotopic (exact) mass is 413 g/mol. The minimum Gasteiger partial charge on any atom is -0.362 e. The van der Waals surface area contributed by atoms with E-state index in [4.69, 9.17) is 0 Å². The fraction of sp³-hybridized carbons (Fsp3) is 0.667. The van der Waals surface area contributed by atoms with Crippen molar-refractivity contribution in [2.24, 2.45) is 0 Å². The van der Waals surface area contributed by atoms with E-state index in [1.54, 1.807) is 0 Å². The van der Waals surface area contributed by atoms with Gasteiger partial charge in [0.1, 0.15) is 18.0 Å². The Labute approximate surface area is 173 Å². The van der Waals surface area contributed by atoms with Crippen LogP contribution in [0, 0.1) is 6.92 Å². The first-order valence-electron chi connectivity index (χ1n) is 9.50. The summed E-state index contributed by atoms with van der Waals surface area (Å²) in [6.07, 6.45) is 10.3. The Morgan fingerprint density at radius 3 is 2.70 bits per heavy atom. The Kier molecular flexibility index (Phi) is 8.26. The van der Waals surface area contributed by atoms with E-state index in [2.05, 4.69) is 35.4 Å². The molecule has 0 bridgehead atoms. The second kappa shape index (κ2) is 10.2. The summed E-state index contributed by atoms with van der Waals surface area (Å²) in [5, 5.41) is 15.5. The molecule has 0 radical (unpaired) electrons. The number of hydrogen-bond acceptors (Lipinski definition) is 6. The molecule has 1 saturated carbocycles. The number of aryl methyl sites for hydroxylation is 1. The molecule has 27 heavy (non-hydrogen) atoms. The van der Waals surface area contributed by atoms with Crippen LogP contribution in [0.2, 0.25) is 0 Å². The predicted molar refractivity (Wildman–Crippen MR) is 111 cm³/mol. The number of halogens is 2. The molecule has 2 aromatic heterocycles. The Hall–Kier alpha value is -1.44. The molecule has 2 aromatic rings. The second-order valence-electron chi connectivity index (χ2n) is 7.09. The highest BCUT2D eigenvalue weighted by atomic mass is 35.5. The van der Waals surface area contributed by atoms with Gasteiger partial charge in [-0.05, 0) is 32.7 Å². The Balaban J connectivity index is 0.00000131. The van der Waals surface area contributed by atoms with Gasteiger partial charge in [0.25, 0.3) is 0 Å². The SMILES string of the molecule is Cc1nc2c(c(NCc3nncn3C3CCCCC3)n1)CCNCC2.Cl.Cl. The third-order valence-electron chi connectivity index (χ3n) is 5.32. The molecule has 150 valence electrons. The highest BCUT2D eigenvalue weighted by Crippen LogP contribution is 2.29. The third-order valence-corrected chi connectivity index (χ3v) is 5.32. The quantitative estimate of drug-likeness (QED) is 0.801. The molecule has 0 saturated heterocycles. The molecule has 9 heteroatoms. The average molecular weight is 414 g/mol. The molecule has 1 aliphatic carbocycles. The van der Waals surface area contributed by atoms with Crippen molar-refractivity contribution in [3.8, 4) is 0 Å². The number of anilines is 1. The molecule has 0 amide bonds. The van der Waals surface area contributed by atoms with Gasteiger partial charge in [0.2, 0.25) is 0 Å². The maximum atomic E-state index is 4.66. The fourth-order valence-electron chi connectivity index (χ4n) is 4.03. The van der Waals surface area contributed by atoms with E-state index < -0.39 is 0 Å². The maximum Gasteiger partial charge on any atom is 0.152 e. The van der Waals surface area contributed by atoms with Crippen molar-refractivity contribution in [2.75, 3.05) is 18.4 Å². The lowest BCUT2D eigenvalue weighted by atomic mass is 9.95. The molecular formula is C18H29Cl2N7. The molecule has 0 aromatic carbocycles. The van der Waals surface area contributed by atoms with E-state index in [0.717, 1.165) is 43.4 Å². The van der Waals surface area contributed by atoms with Gasteiger partial charge in [-0.25, -0.2) is 9.97 Å². The van der Waals surface area contributed by atoms with Crippen LogP contribution < -0.4 is 10.6 Å². The Morgan fingerprint density at radius 1 is 1.11 bits per heavy atom. The number of rotatable bonds is 4. The van der Waals surface area contributed by atoms with Crippen LogP contribution in [0.25, 0.3) is 0 Å². The van der Waals surface area contributed by atoms with Crippen LogP contribution in [0.4, 0.5) is 5.82 Å². The zero-order valence-electron chi connectivity index (χ0n) is 15.8. The van der Waals surface area contributed by atoms with E-state index in [0.29, 0.717) is 12.6 Å². The zero-order chi connectivity index (χ0) is 17.1. The molecule has 0 spiro atoms. The molecule has 4 rings (SSSR count). The highest BCUT2D eigenvalue weighted by molar-refractivity contribution is 5.85. The lowest BCUT2D eigenvalue weighted by molar-refractivity contribution is 0.346. The van der Waals surface area contributed by atoms with Gasteiger partial charge in [0.05, 0.1) is 12.2 Å². The first-order chi connectivity index (χ1) is 12.3. The van der Waals surface area contributed by atoms with Gasteiger partial charge >= 0.3 is 0 Å². The minimum absolute atomic E-state index is 0. The summed E-state index contributed by atoms with van der Waals surface area (Å²) in [7, 11) is 0. The molecule has 3 heterocycles. The van der Waals surface area contributed by atoms with Gasteiger partial charge < -0.3 is 15.2 Å². The summed E-state index contributed by atoms with van der Waals surface area (Å²) < 4.78 is 2.26. The summed E-state index contributed by atoms with van der Waals surface area (Å²) in [5.41, 5.74) is 2.42. The van der Waals surface area contributed by atoms with E-state index in [9.17, 15) is 0 Å². The number of nitrogens with one attached hydrogen (secondary N) is 2. The van der Waals surface area contributed by atoms with Crippen molar-refractivity contribution in [1.82, 2.24) is 30.0 Å². The minimum atomic E-state index is 0. The number of nitrogens with zero attached hydrogens (tertiary/aromatic N) is 5. The van der Waals surface area contributed by atoms with Crippen LogP contribution in [-0.2, 0) is 19.4 Å².